The number of benzene rings is 1. The first-order valence-corrected chi connectivity index (χ1v) is 4.82. The summed E-state index contributed by atoms with van der Waals surface area (Å²) < 4.78 is 0. The molecule has 3 fully saturated rings. The molecule has 13 heavy (non-hydrogen) atoms. The average Bonchev–Trinajstić information content (AvgIpc) is 2.02. The van der Waals surface area contributed by atoms with Crippen molar-refractivity contribution in [3.8, 4) is 12.3 Å². The van der Waals surface area contributed by atoms with Gasteiger partial charge in [-0.05, 0) is 30.2 Å². The van der Waals surface area contributed by atoms with Crippen molar-refractivity contribution in [1.82, 2.24) is 0 Å². The Morgan fingerprint density at radius 3 is 2.23 bits per heavy atom. The molecule has 1 aromatic carbocycles. The zero-order valence-corrected chi connectivity index (χ0v) is 7.59. The highest BCUT2D eigenvalue weighted by Crippen LogP contribution is 2.73. The molecule has 0 aromatic heterocycles. The second-order valence-corrected chi connectivity index (χ2v) is 4.60. The maximum Gasteiger partial charge on any atom is 0.0337 e. The molecule has 0 radical (unpaired) electrons. The Balaban J connectivity index is 1.90. The average molecular weight is 168 g/mol. The first kappa shape index (κ1) is 7.21. The fraction of sp³-hybridized carbons (Fsp3) is 0.385. The maximum absolute atomic E-state index is 5.49. The van der Waals surface area contributed by atoms with Gasteiger partial charge >= 0.3 is 0 Å². The summed E-state index contributed by atoms with van der Waals surface area (Å²) in [6, 6.07) is 10.8. The van der Waals surface area contributed by atoms with E-state index in [9.17, 15) is 0 Å². The van der Waals surface area contributed by atoms with Gasteiger partial charge in [-0.1, -0.05) is 36.3 Å². The summed E-state index contributed by atoms with van der Waals surface area (Å²) in [5.41, 5.74) is 2.27. The largest absolute Gasteiger partial charge is 0.120 e. The molecule has 0 spiro atoms. The van der Waals surface area contributed by atoms with Gasteiger partial charge < -0.3 is 0 Å². The van der Waals surface area contributed by atoms with Crippen LogP contribution in [-0.2, 0) is 5.41 Å². The van der Waals surface area contributed by atoms with Crippen LogP contribution >= 0.6 is 0 Å². The van der Waals surface area contributed by atoms with Gasteiger partial charge in [0, 0.05) is 5.41 Å². The zero-order chi connectivity index (χ0) is 8.94. The first-order chi connectivity index (χ1) is 6.29. The molecule has 0 nitrogen and oxygen atoms in total. The Bertz CT molecular complexity index is 360. The van der Waals surface area contributed by atoms with E-state index in [-0.39, 0.29) is 0 Å². The Kier molecular flexibility index (Phi) is 1.10. The summed E-state index contributed by atoms with van der Waals surface area (Å²) in [6.45, 7) is 0. The molecule has 0 N–H and O–H groups in total. The van der Waals surface area contributed by atoms with Crippen molar-refractivity contribution >= 4 is 0 Å². The molecular weight excluding hydrogens is 156 g/mol. The van der Waals surface area contributed by atoms with E-state index in [1.807, 2.05) is 0 Å². The lowest BCUT2D eigenvalue weighted by atomic mass is 9.34. The monoisotopic (exact) mass is 168 g/mol. The summed E-state index contributed by atoms with van der Waals surface area (Å²) >= 11 is 0. The Morgan fingerprint density at radius 2 is 1.69 bits per heavy atom. The van der Waals surface area contributed by atoms with Crippen molar-refractivity contribution in [2.24, 2.45) is 5.41 Å². The number of terminal acetylenes is 1. The topological polar surface area (TPSA) is 0 Å². The Hall–Kier alpha value is -1.22. The van der Waals surface area contributed by atoms with Gasteiger partial charge in [-0.3, -0.25) is 0 Å². The summed E-state index contributed by atoms with van der Waals surface area (Å²) in [6.07, 6.45) is 9.16. The minimum atomic E-state index is 0.301. The van der Waals surface area contributed by atoms with Gasteiger partial charge in [0.25, 0.3) is 0 Å². The summed E-state index contributed by atoms with van der Waals surface area (Å²) in [4.78, 5) is 0. The van der Waals surface area contributed by atoms with Crippen LogP contribution in [-0.4, -0.2) is 0 Å². The van der Waals surface area contributed by atoms with Gasteiger partial charge in [-0.25, -0.2) is 0 Å². The Morgan fingerprint density at radius 1 is 1.08 bits per heavy atom. The fourth-order valence-corrected chi connectivity index (χ4v) is 3.04. The molecule has 0 unspecified atom stereocenters. The minimum absolute atomic E-state index is 0.301. The van der Waals surface area contributed by atoms with E-state index < -0.39 is 0 Å². The van der Waals surface area contributed by atoms with Gasteiger partial charge in [-0.2, -0.15) is 0 Å². The van der Waals surface area contributed by atoms with Gasteiger partial charge in [0.05, 0.1) is 0 Å². The fourth-order valence-electron chi connectivity index (χ4n) is 3.04. The molecule has 3 saturated carbocycles. The molecule has 0 heteroatoms. The number of rotatable bonds is 1. The maximum atomic E-state index is 5.49. The second-order valence-electron chi connectivity index (χ2n) is 4.60. The molecule has 0 heterocycles. The predicted octanol–water partition coefficient (Wildman–Crippen LogP) is 2.74. The van der Waals surface area contributed by atoms with Gasteiger partial charge in [0.2, 0.25) is 0 Å². The smallest absolute Gasteiger partial charge is 0.0337 e. The lowest BCUT2D eigenvalue weighted by Gasteiger charge is -2.68. The molecule has 0 atom stereocenters. The summed E-state index contributed by atoms with van der Waals surface area (Å²) in [5, 5.41) is 0. The summed E-state index contributed by atoms with van der Waals surface area (Å²) in [7, 11) is 0. The highest BCUT2D eigenvalue weighted by molar-refractivity contribution is 5.43. The van der Waals surface area contributed by atoms with E-state index in [2.05, 4.69) is 36.3 Å². The zero-order valence-electron chi connectivity index (χ0n) is 7.59. The van der Waals surface area contributed by atoms with E-state index >= 15 is 0 Å². The standard InChI is InChI=1S/C13H12/c1-2-12-8-13(9-12,10-12)11-6-4-3-5-7-11/h1,3-7H,8-10H2. The van der Waals surface area contributed by atoms with Gasteiger partial charge in [0.15, 0.2) is 0 Å². The number of hydrogen-bond acceptors (Lipinski definition) is 0. The molecule has 4 rings (SSSR count). The van der Waals surface area contributed by atoms with E-state index in [1.54, 1.807) is 0 Å². The minimum Gasteiger partial charge on any atom is -0.120 e. The second kappa shape index (κ2) is 1.99. The van der Waals surface area contributed by atoms with Crippen LogP contribution in [0.1, 0.15) is 24.8 Å². The molecule has 0 amide bonds. The van der Waals surface area contributed by atoms with Gasteiger partial charge in [-0.15, -0.1) is 6.42 Å². The van der Waals surface area contributed by atoms with E-state index in [0.717, 1.165) is 0 Å². The van der Waals surface area contributed by atoms with Crippen molar-refractivity contribution in [1.29, 1.82) is 0 Å². The molecule has 3 aliphatic rings. The SMILES string of the molecule is C#CC12CC(c3ccccc3)(C1)C2. The third-order valence-corrected chi connectivity index (χ3v) is 3.72. The van der Waals surface area contributed by atoms with Crippen LogP contribution in [0.4, 0.5) is 0 Å². The highest BCUT2D eigenvalue weighted by atomic mass is 14.7. The molecular formula is C13H12. The normalized spacial score (nSPS) is 39.9. The van der Waals surface area contributed by atoms with Crippen molar-refractivity contribution in [3.05, 3.63) is 35.9 Å². The lowest BCUT2D eigenvalue weighted by Crippen LogP contribution is -2.63. The molecule has 3 aliphatic carbocycles. The molecule has 64 valence electrons. The van der Waals surface area contributed by atoms with Crippen LogP contribution in [0.25, 0.3) is 0 Å². The third-order valence-electron chi connectivity index (χ3n) is 3.72. The van der Waals surface area contributed by atoms with E-state index in [4.69, 9.17) is 6.42 Å². The van der Waals surface area contributed by atoms with E-state index in [1.165, 1.54) is 24.8 Å². The summed E-state index contributed by atoms with van der Waals surface area (Å²) in [5.74, 6) is 2.94. The van der Waals surface area contributed by atoms with Crippen LogP contribution in [0, 0.1) is 17.8 Å². The van der Waals surface area contributed by atoms with Crippen LogP contribution < -0.4 is 0 Å². The lowest BCUT2D eigenvalue weighted by molar-refractivity contribution is -0.0910. The van der Waals surface area contributed by atoms with Crippen LogP contribution in [0.15, 0.2) is 30.3 Å². The number of hydrogen-bond donors (Lipinski definition) is 0. The molecule has 2 bridgehead atoms. The van der Waals surface area contributed by atoms with Crippen molar-refractivity contribution in [2.45, 2.75) is 24.7 Å². The Labute approximate surface area is 79.0 Å². The first-order valence-electron chi connectivity index (χ1n) is 4.82. The van der Waals surface area contributed by atoms with E-state index in [0.29, 0.717) is 10.8 Å². The van der Waals surface area contributed by atoms with Crippen LogP contribution in [0.5, 0.6) is 0 Å². The third kappa shape index (κ3) is 0.728. The van der Waals surface area contributed by atoms with Crippen molar-refractivity contribution < 1.29 is 0 Å². The highest BCUT2D eigenvalue weighted by Gasteiger charge is 2.67. The van der Waals surface area contributed by atoms with Crippen LogP contribution in [0.2, 0.25) is 0 Å². The molecule has 0 aliphatic heterocycles. The molecule has 1 aromatic rings. The van der Waals surface area contributed by atoms with Crippen molar-refractivity contribution in [2.75, 3.05) is 0 Å². The van der Waals surface area contributed by atoms with Crippen LogP contribution in [0.3, 0.4) is 0 Å². The quantitative estimate of drug-likeness (QED) is 0.566. The van der Waals surface area contributed by atoms with Gasteiger partial charge in [0.1, 0.15) is 0 Å². The molecule has 0 saturated heterocycles. The predicted molar refractivity (Wildman–Crippen MR) is 53.2 cm³/mol. The van der Waals surface area contributed by atoms with Crippen molar-refractivity contribution in [3.63, 3.8) is 0 Å².